The van der Waals surface area contributed by atoms with Gasteiger partial charge in [0.05, 0.1) is 0 Å². The standard InChI is InChI=1S/C9H12N4O/c1-6-12-8(5-14-6)9(13-10)7-3-2-4-11-7/h2-5,9,11,13H,10H2,1H3. The van der Waals surface area contributed by atoms with Crippen LogP contribution >= 0.6 is 0 Å². The van der Waals surface area contributed by atoms with Crippen LogP contribution in [0.4, 0.5) is 0 Å². The number of H-pyrrole nitrogens is 1. The highest BCUT2D eigenvalue weighted by molar-refractivity contribution is 5.19. The molecule has 0 aliphatic heterocycles. The summed E-state index contributed by atoms with van der Waals surface area (Å²) in [5.41, 5.74) is 4.41. The Morgan fingerprint density at radius 1 is 1.64 bits per heavy atom. The molecule has 1 atom stereocenters. The predicted molar refractivity (Wildman–Crippen MR) is 51.2 cm³/mol. The lowest BCUT2D eigenvalue weighted by atomic mass is 10.2. The highest BCUT2D eigenvalue weighted by Gasteiger charge is 2.16. The molecule has 0 bridgehead atoms. The third-order valence-corrected chi connectivity index (χ3v) is 2.03. The average Bonchev–Trinajstić information content (AvgIpc) is 2.79. The highest BCUT2D eigenvalue weighted by Crippen LogP contribution is 2.18. The van der Waals surface area contributed by atoms with E-state index in [1.165, 1.54) is 0 Å². The van der Waals surface area contributed by atoms with E-state index >= 15 is 0 Å². The SMILES string of the molecule is Cc1nc(C(NN)c2ccc[nH]2)co1. The molecule has 2 heterocycles. The maximum Gasteiger partial charge on any atom is 0.191 e. The Bertz CT molecular complexity index is 393. The number of hydrazine groups is 1. The molecule has 0 saturated carbocycles. The van der Waals surface area contributed by atoms with E-state index in [0.29, 0.717) is 5.89 Å². The predicted octanol–water partition coefficient (Wildman–Crippen LogP) is 0.864. The van der Waals surface area contributed by atoms with Gasteiger partial charge in [0.1, 0.15) is 18.0 Å². The number of nitrogens with two attached hydrogens (primary N) is 1. The molecule has 0 aliphatic rings. The number of hydrogen-bond donors (Lipinski definition) is 3. The van der Waals surface area contributed by atoms with Crippen LogP contribution in [0.2, 0.25) is 0 Å². The van der Waals surface area contributed by atoms with Gasteiger partial charge in [0.25, 0.3) is 0 Å². The molecule has 0 spiro atoms. The lowest BCUT2D eigenvalue weighted by Crippen LogP contribution is -2.29. The number of nitrogens with one attached hydrogen (secondary N) is 2. The second-order valence-corrected chi connectivity index (χ2v) is 3.02. The first-order valence-electron chi connectivity index (χ1n) is 4.32. The molecule has 2 aromatic heterocycles. The van der Waals surface area contributed by atoms with Gasteiger partial charge in [-0.3, -0.25) is 5.84 Å². The molecular weight excluding hydrogens is 180 g/mol. The van der Waals surface area contributed by atoms with Crippen LogP contribution in [0.5, 0.6) is 0 Å². The lowest BCUT2D eigenvalue weighted by Gasteiger charge is -2.10. The van der Waals surface area contributed by atoms with Crippen molar-refractivity contribution < 1.29 is 4.42 Å². The normalized spacial score (nSPS) is 13.0. The van der Waals surface area contributed by atoms with E-state index in [4.69, 9.17) is 10.3 Å². The number of rotatable bonds is 3. The van der Waals surface area contributed by atoms with Gasteiger partial charge in [-0.2, -0.15) is 0 Å². The fourth-order valence-electron chi connectivity index (χ4n) is 1.37. The minimum atomic E-state index is -0.151. The van der Waals surface area contributed by atoms with Gasteiger partial charge in [-0.1, -0.05) is 0 Å². The number of aryl methyl sites for hydroxylation is 1. The van der Waals surface area contributed by atoms with E-state index in [2.05, 4.69) is 15.4 Å². The summed E-state index contributed by atoms with van der Waals surface area (Å²) in [6.45, 7) is 1.80. The van der Waals surface area contributed by atoms with Crippen molar-refractivity contribution in [3.05, 3.63) is 41.9 Å². The number of oxazole rings is 1. The van der Waals surface area contributed by atoms with Gasteiger partial charge in [-0.25, -0.2) is 10.4 Å². The summed E-state index contributed by atoms with van der Waals surface area (Å²) >= 11 is 0. The molecule has 14 heavy (non-hydrogen) atoms. The quantitative estimate of drug-likeness (QED) is 0.498. The van der Waals surface area contributed by atoms with Gasteiger partial charge in [-0.15, -0.1) is 0 Å². The summed E-state index contributed by atoms with van der Waals surface area (Å²) in [7, 11) is 0. The Balaban J connectivity index is 2.31. The summed E-state index contributed by atoms with van der Waals surface area (Å²) in [5.74, 6) is 6.08. The van der Waals surface area contributed by atoms with Crippen LogP contribution in [-0.2, 0) is 0 Å². The summed E-state index contributed by atoms with van der Waals surface area (Å²) in [6, 6.07) is 3.70. The summed E-state index contributed by atoms with van der Waals surface area (Å²) in [6.07, 6.45) is 3.44. The fourth-order valence-corrected chi connectivity index (χ4v) is 1.37. The Kier molecular flexibility index (Phi) is 2.34. The van der Waals surface area contributed by atoms with Crippen LogP contribution in [0, 0.1) is 6.92 Å². The molecule has 4 N–H and O–H groups in total. The van der Waals surface area contributed by atoms with Crippen molar-refractivity contribution in [2.75, 3.05) is 0 Å². The van der Waals surface area contributed by atoms with Crippen LogP contribution in [0.3, 0.4) is 0 Å². The zero-order valence-electron chi connectivity index (χ0n) is 7.82. The van der Waals surface area contributed by atoms with E-state index in [1.807, 2.05) is 18.3 Å². The van der Waals surface area contributed by atoms with Crippen molar-refractivity contribution in [1.82, 2.24) is 15.4 Å². The summed E-state index contributed by atoms with van der Waals surface area (Å²) in [4.78, 5) is 7.28. The van der Waals surface area contributed by atoms with Gasteiger partial charge in [-0.05, 0) is 12.1 Å². The topological polar surface area (TPSA) is 79.9 Å². The van der Waals surface area contributed by atoms with Crippen molar-refractivity contribution in [2.45, 2.75) is 13.0 Å². The second-order valence-electron chi connectivity index (χ2n) is 3.02. The van der Waals surface area contributed by atoms with Crippen LogP contribution in [0.25, 0.3) is 0 Å². The van der Waals surface area contributed by atoms with Crippen molar-refractivity contribution in [3.63, 3.8) is 0 Å². The largest absolute Gasteiger partial charge is 0.449 e. The first-order chi connectivity index (χ1) is 6.81. The van der Waals surface area contributed by atoms with Gasteiger partial charge >= 0.3 is 0 Å². The molecule has 0 saturated heterocycles. The summed E-state index contributed by atoms with van der Waals surface area (Å²) < 4.78 is 5.12. The molecule has 2 aromatic rings. The average molecular weight is 192 g/mol. The number of nitrogens with zero attached hydrogens (tertiary/aromatic N) is 1. The monoisotopic (exact) mass is 192 g/mol. The van der Waals surface area contributed by atoms with E-state index in [1.54, 1.807) is 13.2 Å². The number of aromatic amines is 1. The third-order valence-electron chi connectivity index (χ3n) is 2.03. The van der Waals surface area contributed by atoms with Crippen molar-refractivity contribution in [2.24, 2.45) is 5.84 Å². The second kappa shape index (κ2) is 3.65. The van der Waals surface area contributed by atoms with Crippen LogP contribution in [-0.4, -0.2) is 9.97 Å². The Labute approximate surface area is 81.3 Å². The highest BCUT2D eigenvalue weighted by atomic mass is 16.3. The van der Waals surface area contributed by atoms with E-state index in [-0.39, 0.29) is 6.04 Å². The smallest absolute Gasteiger partial charge is 0.191 e. The minimum Gasteiger partial charge on any atom is -0.449 e. The molecule has 0 fully saturated rings. The summed E-state index contributed by atoms with van der Waals surface area (Å²) in [5, 5.41) is 0. The van der Waals surface area contributed by atoms with Crippen LogP contribution in [0.15, 0.2) is 29.0 Å². The van der Waals surface area contributed by atoms with Gasteiger partial charge in [0.15, 0.2) is 5.89 Å². The Hall–Kier alpha value is -1.59. The maximum atomic E-state index is 5.45. The molecule has 5 heteroatoms. The van der Waals surface area contributed by atoms with Gasteiger partial charge in [0, 0.05) is 18.8 Å². The number of hydrogen-bond acceptors (Lipinski definition) is 4. The molecular formula is C9H12N4O. The molecule has 2 rings (SSSR count). The fraction of sp³-hybridized carbons (Fsp3) is 0.222. The van der Waals surface area contributed by atoms with Gasteiger partial charge in [0.2, 0.25) is 0 Å². The van der Waals surface area contributed by atoms with Gasteiger partial charge < -0.3 is 9.40 Å². The molecule has 5 nitrogen and oxygen atoms in total. The third kappa shape index (κ3) is 1.55. The van der Waals surface area contributed by atoms with Crippen LogP contribution < -0.4 is 11.3 Å². The molecule has 1 unspecified atom stereocenters. The first kappa shape index (κ1) is 8.98. The lowest BCUT2D eigenvalue weighted by molar-refractivity contribution is 0.518. The van der Waals surface area contributed by atoms with Crippen molar-refractivity contribution in [3.8, 4) is 0 Å². The van der Waals surface area contributed by atoms with Crippen molar-refractivity contribution >= 4 is 0 Å². The Morgan fingerprint density at radius 3 is 3.00 bits per heavy atom. The number of aromatic nitrogens is 2. The molecule has 0 amide bonds. The zero-order valence-corrected chi connectivity index (χ0v) is 7.82. The first-order valence-corrected chi connectivity index (χ1v) is 4.32. The van der Waals surface area contributed by atoms with E-state index in [0.717, 1.165) is 11.4 Å². The maximum absolute atomic E-state index is 5.45. The van der Waals surface area contributed by atoms with Crippen molar-refractivity contribution in [1.29, 1.82) is 0 Å². The molecule has 0 radical (unpaired) electrons. The minimum absolute atomic E-state index is 0.151. The van der Waals surface area contributed by atoms with E-state index < -0.39 is 0 Å². The zero-order chi connectivity index (χ0) is 9.97. The molecule has 0 aromatic carbocycles. The molecule has 74 valence electrons. The Morgan fingerprint density at radius 2 is 2.50 bits per heavy atom. The molecule has 0 aliphatic carbocycles. The van der Waals surface area contributed by atoms with E-state index in [9.17, 15) is 0 Å². The van der Waals surface area contributed by atoms with Crippen LogP contribution in [0.1, 0.15) is 23.3 Å².